The van der Waals surface area contributed by atoms with Gasteiger partial charge in [0.25, 0.3) is 0 Å². The van der Waals surface area contributed by atoms with E-state index in [4.69, 9.17) is 4.74 Å². The second-order valence-electron chi connectivity index (χ2n) is 7.25. The maximum absolute atomic E-state index is 13.7. The number of hydrogen-bond acceptors (Lipinski definition) is 7. The largest absolute Gasteiger partial charge is 0.495 e. The number of sulfone groups is 1. The van der Waals surface area contributed by atoms with Crippen molar-refractivity contribution in [2.24, 2.45) is 0 Å². The molecule has 0 saturated carbocycles. The number of hydrogen-bond donors (Lipinski definition) is 0. The minimum absolute atomic E-state index is 0.0209. The van der Waals surface area contributed by atoms with E-state index in [1.54, 1.807) is 24.3 Å². The van der Waals surface area contributed by atoms with Crippen LogP contribution >= 0.6 is 15.9 Å². The van der Waals surface area contributed by atoms with Crippen LogP contribution in [-0.4, -0.2) is 58.5 Å². The third kappa shape index (κ3) is 5.20. The van der Waals surface area contributed by atoms with Crippen LogP contribution in [-0.2, 0) is 26.4 Å². The average Bonchev–Trinajstić information content (AvgIpc) is 3.20. The molecule has 0 aliphatic carbocycles. The van der Waals surface area contributed by atoms with Crippen LogP contribution in [0.15, 0.2) is 56.7 Å². The first-order valence-corrected chi connectivity index (χ1v) is 13.5. The summed E-state index contributed by atoms with van der Waals surface area (Å²) in [4.78, 5) is 1.71. The lowest BCUT2D eigenvalue weighted by molar-refractivity contribution is 0.311. The Hall–Kier alpha value is -2.13. The van der Waals surface area contributed by atoms with Gasteiger partial charge in [-0.25, -0.2) is 16.8 Å². The third-order valence-corrected chi connectivity index (χ3v) is 8.66. The summed E-state index contributed by atoms with van der Waals surface area (Å²) in [5, 5.41) is 9.23. The molecule has 0 bridgehead atoms. The van der Waals surface area contributed by atoms with E-state index in [0.29, 0.717) is 23.0 Å². The van der Waals surface area contributed by atoms with E-state index in [1.165, 1.54) is 34.5 Å². The van der Waals surface area contributed by atoms with Crippen LogP contribution in [0.2, 0.25) is 0 Å². The van der Waals surface area contributed by atoms with E-state index in [2.05, 4.69) is 22.1 Å². The Bertz CT molecular complexity index is 1210. The number of rotatable bonds is 7. The molecule has 8 nitrogen and oxygen atoms in total. The standard InChI is InChI=1S/C20H22BrN3O5S2/c1-29-19-8-5-16(21)11-20(19)31(27,28)24(17-9-10-23(13-17)14-22)12-15-3-6-18(7-4-15)30(2,25)26/h3-8,11,17H,9-10,12-13H2,1-2H3. The molecule has 2 aromatic rings. The number of ether oxygens (including phenoxy) is 1. The zero-order valence-electron chi connectivity index (χ0n) is 17.0. The minimum Gasteiger partial charge on any atom is -0.495 e. The molecule has 31 heavy (non-hydrogen) atoms. The number of halogens is 1. The third-order valence-electron chi connectivity index (χ3n) is 5.11. The highest BCUT2D eigenvalue weighted by Crippen LogP contribution is 2.33. The van der Waals surface area contributed by atoms with Gasteiger partial charge in [-0.05, 0) is 42.3 Å². The van der Waals surface area contributed by atoms with Crippen molar-refractivity contribution in [3.8, 4) is 11.9 Å². The molecule has 1 heterocycles. The molecule has 1 aliphatic heterocycles. The summed E-state index contributed by atoms with van der Waals surface area (Å²) in [7, 11) is -5.94. The molecule has 1 unspecified atom stereocenters. The van der Waals surface area contributed by atoms with Crippen molar-refractivity contribution in [1.82, 2.24) is 9.21 Å². The normalized spacial score (nSPS) is 17.0. The van der Waals surface area contributed by atoms with Crippen LogP contribution in [0.25, 0.3) is 0 Å². The van der Waals surface area contributed by atoms with Gasteiger partial charge in [-0.2, -0.15) is 9.57 Å². The van der Waals surface area contributed by atoms with Gasteiger partial charge in [0.05, 0.1) is 12.0 Å². The van der Waals surface area contributed by atoms with Crippen molar-refractivity contribution < 1.29 is 21.6 Å². The lowest BCUT2D eigenvalue weighted by Gasteiger charge is -2.28. The van der Waals surface area contributed by atoms with Gasteiger partial charge in [0.15, 0.2) is 16.0 Å². The minimum atomic E-state index is -3.99. The Balaban J connectivity index is 2.03. The smallest absolute Gasteiger partial charge is 0.247 e. The quantitative estimate of drug-likeness (QED) is 0.509. The molecule has 0 amide bonds. The Morgan fingerprint density at radius 2 is 1.87 bits per heavy atom. The second kappa shape index (κ2) is 9.16. The number of nitriles is 1. The number of benzene rings is 2. The average molecular weight is 528 g/mol. The van der Waals surface area contributed by atoms with Gasteiger partial charge >= 0.3 is 0 Å². The fourth-order valence-electron chi connectivity index (χ4n) is 3.48. The molecule has 11 heteroatoms. The van der Waals surface area contributed by atoms with Crippen molar-refractivity contribution in [2.45, 2.75) is 28.8 Å². The van der Waals surface area contributed by atoms with Crippen molar-refractivity contribution in [1.29, 1.82) is 5.26 Å². The monoisotopic (exact) mass is 527 g/mol. The first kappa shape index (κ1) is 23.5. The van der Waals surface area contributed by atoms with Gasteiger partial charge in [0.2, 0.25) is 10.0 Å². The Kier molecular flexibility index (Phi) is 6.95. The highest BCUT2D eigenvalue weighted by molar-refractivity contribution is 9.10. The molecule has 1 atom stereocenters. The number of sulfonamides is 1. The van der Waals surface area contributed by atoms with Crippen LogP contribution in [0.1, 0.15) is 12.0 Å². The van der Waals surface area contributed by atoms with Gasteiger partial charge in [0, 0.05) is 36.4 Å². The summed E-state index contributed by atoms with van der Waals surface area (Å²) in [5.74, 6) is 0.218. The Labute approximate surface area is 191 Å². The maximum atomic E-state index is 13.7. The van der Waals surface area contributed by atoms with Crippen molar-refractivity contribution in [3.63, 3.8) is 0 Å². The number of likely N-dealkylation sites (tertiary alicyclic amines) is 1. The zero-order valence-corrected chi connectivity index (χ0v) is 20.2. The van der Waals surface area contributed by atoms with Crippen LogP contribution < -0.4 is 4.74 Å². The lowest BCUT2D eigenvalue weighted by Crippen LogP contribution is -2.41. The summed E-state index contributed by atoms with van der Waals surface area (Å²) in [6, 6.07) is 10.5. The van der Waals surface area contributed by atoms with Gasteiger partial charge in [-0.3, -0.25) is 0 Å². The van der Waals surface area contributed by atoms with Crippen LogP contribution in [0.5, 0.6) is 5.75 Å². The van der Waals surface area contributed by atoms with Crippen molar-refractivity contribution >= 4 is 35.8 Å². The molecular formula is C20H22BrN3O5S2. The molecule has 2 aromatic carbocycles. The molecule has 1 saturated heterocycles. The fraction of sp³-hybridized carbons (Fsp3) is 0.350. The maximum Gasteiger partial charge on any atom is 0.247 e. The molecule has 0 N–H and O–H groups in total. The molecule has 1 aliphatic rings. The lowest BCUT2D eigenvalue weighted by atomic mass is 10.2. The van der Waals surface area contributed by atoms with Crippen LogP contribution in [0.3, 0.4) is 0 Å². The van der Waals surface area contributed by atoms with Gasteiger partial charge in [0.1, 0.15) is 10.6 Å². The fourth-order valence-corrected chi connectivity index (χ4v) is 6.44. The topological polar surface area (TPSA) is 108 Å². The molecule has 3 rings (SSSR count). The summed E-state index contributed by atoms with van der Waals surface area (Å²) in [6.45, 7) is 0.787. The molecular weight excluding hydrogens is 506 g/mol. The molecule has 0 aromatic heterocycles. The zero-order chi connectivity index (χ0) is 22.8. The predicted octanol–water partition coefficient (Wildman–Crippen LogP) is 2.61. The molecule has 166 valence electrons. The summed E-state index contributed by atoms with van der Waals surface area (Å²) in [6.07, 6.45) is 3.70. The van der Waals surface area contributed by atoms with Crippen LogP contribution in [0.4, 0.5) is 0 Å². The second-order valence-corrected chi connectivity index (χ2v) is 12.0. The van der Waals surface area contributed by atoms with Crippen molar-refractivity contribution in [2.75, 3.05) is 26.5 Å². The molecule has 0 radical (unpaired) electrons. The highest BCUT2D eigenvalue weighted by Gasteiger charge is 2.37. The summed E-state index contributed by atoms with van der Waals surface area (Å²) >= 11 is 3.32. The molecule has 1 fully saturated rings. The van der Waals surface area contributed by atoms with E-state index in [0.717, 1.165) is 6.26 Å². The number of nitrogens with zero attached hydrogens (tertiary/aromatic N) is 3. The van der Waals surface area contributed by atoms with E-state index in [1.807, 2.05) is 0 Å². The van der Waals surface area contributed by atoms with E-state index in [-0.39, 0.29) is 28.6 Å². The SMILES string of the molecule is COc1ccc(Br)cc1S(=O)(=O)N(Cc1ccc(S(C)(=O)=O)cc1)C1CCN(C#N)C1. The van der Waals surface area contributed by atoms with Crippen molar-refractivity contribution in [3.05, 3.63) is 52.5 Å². The number of methoxy groups -OCH3 is 1. The van der Waals surface area contributed by atoms with E-state index < -0.39 is 25.9 Å². The Morgan fingerprint density at radius 3 is 2.42 bits per heavy atom. The summed E-state index contributed by atoms with van der Waals surface area (Å²) in [5.41, 5.74) is 0.639. The van der Waals surface area contributed by atoms with Crippen LogP contribution in [0, 0.1) is 11.5 Å². The van der Waals surface area contributed by atoms with Gasteiger partial charge < -0.3 is 9.64 Å². The predicted molar refractivity (Wildman–Crippen MR) is 119 cm³/mol. The van der Waals surface area contributed by atoms with E-state index >= 15 is 0 Å². The molecule has 0 spiro atoms. The first-order valence-electron chi connectivity index (χ1n) is 9.35. The summed E-state index contributed by atoms with van der Waals surface area (Å²) < 4.78 is 58.1. The van der Waals surface area contributed by atoms with Gasteiger partial charge in [-0.15, -0.1) is 0 Å². The Morgan fingerprint density at radius 1 is 1.19 bits per heavy atom. The van der Waals surface area contributed by atoms with E-state index in [9.17, 15) is 22.1 Å². The first-order chi connectivity index (χ1) is 14.6. The highest BCUT2D eigenvalue weighted by atomic mass is 79.9. The van der Waals surface area contributed by atoms with Gasteiger partial charge in [-0.1, -0.05) is 28.1 Å².